The Balaban J connectivity index is 1.41. The Morgan fingerprint density at radius 1 is 1.00 bits per heavy atom. The van der Waals surface area contributed by atoms with Gasteiger partial charge in [0.25, 0.3) is 0 Å². The number of amides is 3. The molecule has 3 heterocycles. The van der Waals surface area contributed by atoms with Crippen LogP contribution in [0.1, 0.15) is 19.8 Å². The molecule has 0 aromatic heterocycles. The highest BCUT2D eigenvalue weighted by molar-refractivity contribution is 5.78. The van der Waals surface area contributed by atoms with Gasteiger partial charge in [-0.1, -0.05) is 6.92 Å². The molecule has 3 aliphatic rings. The van der Waals surface area contributed by atoms with Gasteiger partial charge in [0.05, 0.1) is 26.4 Å². The second-order valence-electron chi connectivity index (χ2n) is 8.14. The number of hydrogen-bond donors (Lipinski definition) is 2. The summed E-state index contributed by atoms with van der Waals surface area (Å²) in [5.41, 5.74) is 0. The van der Waals surface area contributed by atoms with E-state index in [1.807, 2.05) is 11.8 Å². The van der Waals surface area contributed by atoms with Gasteiger partial charge in [-0.25, -0.2) is 4.79 Å². The van der Waals surface area contributed by atoms with Crippen molar-refractivity contribution in [1.29, 1.82) is 0 Å². The number of ether oxygens (including phenoxy) is 2. The highest BCUT2D eigenvalue weighted by atomic mass is 16.5. The fourth-order valence-corrected chi connectivity index (χ4v) is 4.30. The molecule has 29 heavy (non-hydrogen) atoms. The lowest BCUT2D eigenvalue weighted by molar-refractivity contribution is -0.122. The highest BCUT2D eigenvalue weighted by Crippen LogP contribution is 2.22. The van der Waals surface area contributed by atoms with E-state index >= 15 is 0 Å². The summed E-state index contributed by atoms with van der Waals surface area (Å²) in [7, 11) is 0. The molecular weight excluding hydrogens is 374 g/mol. The van der Waals surface area contributed by atoms with Gasteiger partial charge in [0.15, 0.2) is 0 Å². The van der Waals surface area contributed by atoms with Crippen molar-refractivity contribution in [3.63, 3.8) is 0 Å². The molecule has 3 aliphatic heterocycles. The third-order valence-electron chi connectivity index (χ3n) is 6.09. The van der Waals surface area contributed by atoms with Gasteiger partial charge in [-0.05, 0) is 12.8 Å². The Kier molecular flexibility index (Phi) is 8.97. The molecular formula is C20H37N5O4. The molecule has 3 fully saturated rings. The highest BCUT2D eigenvalue weighted by Gasteiger charge is 2.32. The van der Waals surface area contributed by atoms with Crippen molar-refractivity contribution in [3.8, 4) is 0 Å². The van der Waals surface area contributed by atoms with Crippen LogP contribution in [0.15, 0.2) is 0 Å². The summed E-state index contributed by atoms with van der Waals surface area (Å²) in [5, 5.41) is 6.07. The van der Waals surface area contributed by atoms with Crippen molar-refractivity contribution in [3.05, 3.63) is 0 Å². The minimum atomic E-state index is -0.00254. The first-order chi connectivity index (χ1) is 14.2. The molecule has 3 amide bonds. The number of rotatable bonds is 8. The maximum absolute atomic E-state index is 12.7. The fraction of sp³-hybridized carbons (Fsp3) is 0.900. The van der Waals surface area contributed by atoms with E-state index in [9.17, 15) is 9.59 Å². The van der Waals surface area contributed by atoms with Gasteiger partial charge >= 0.3 is 6.03 Å². The van der Waals surface area contributed by atoms with Crippen LogP contribution in [0, 0.1) is 5.92 Å². The first kappa shape index (κ1) is 22.3. The Bertz CT molecular complexity index is 515. The zero-order chi connectivity index (χ0) is 20.5. The molecule has 9 heteroatoms. The molecule has 0 saturated carbocycles. The normalized spacial score (nSPS) is 25.0. The van der Waals surface area contributed by atoms with E-state index < -0.39 is 0 Å². The fourth-order valence-electron chi connectivity index (χ4n) is 4.30. The van der Waals surface area contributed by atoms with E-state index in [1.54, 1.807) is 0 Å². The monoisotopic (exact) mass is 411 g/mol. The van der Waals surface area contributed by atoms with E-state index in [4.69, 9.17) is 9.47 Å². The van der Waals surface area contributed by atoms with Gasteiger partial charge in [0, 0.05) is 70.9 Å². The summed E-state index contributed by atoms with van der Waals surface area (Å²) in [5.74, 6) is 0.531. The quantitative estimate of drug-likeness (QED) is 0.564. The van der Waals surface area contributed by atoms with Crippen molar-refractivity contribution >= 4 is 11.9 Å². The molecule has 2 atom stereocenters. The third kappa shape index (κ3) is 6.80. The number of nitrogens with zero attached hydrogens (tertiary/aromatic N) is 3. The molecule has 0 aliphatic carbocycles. The van der Waals surface area contributed by atoms with Crippen LogP contribution in [-0.4, -0.2) is 118 Å². The van der Waals surface area contributed by atoms with Crippen LogP contribution < -0.4 is 10.6 Å². The number of carbonyl (C=O) groups excluding carboxylic acids is 2. The van der Waals surface area contributed by atoms with E-state index in [-0.39, 0.29) is 11.9 Å². The summed E-state index contributed by atoms with van der Waals surface area (Å²) in [4.78, 5) is 31.0. The number of morpholine rings is 1. The van der Waals surface area contributed by atoms with Gasteiger partial charge in [-0.2, -0.15) is 0 Å². The zero-order valence-electron chi connectivity index (χ0n) is 17.7. The number of piperazine rings is 1. The number of carbonyl (C=O) groups is 2. The maximum atomic E-state index is 12.7. The van der Waals surface area contributed by atoms with Crippen LogP contribution in [-0.2, 0) is 14.3 Å². The Morgan fingerprint density at radius 3 is 2.41 bits per heavy atom. The largest absolute Gasteiger partial charge is 0.381 e. The molecule has 3 saturated heterocycles. The molecule has 166 valence electrons. The maximum Gasteiger partial charge on any atom is 0.317 e. The number of hydrogen-bond acceptors (Lipinski definition) is 6. The van der Waals surface area contributed by atoms with Gasteiger partial charge in [-0.3, -0.25) is 14.6 Å². The first-order valence-corrected chi connectivity index (χ1v) is 11.1. The minimum Gasteiger partial charge on any atom is -0.381 e. The standard InChI is InChI=1S/C20H37N5O4/c1-2-4-21-19(26)15-23-5-7-25(8-6-23)20(27)22-14-18(17-3-11-29-16-17)24-9-12-28-13-10-24/h17-18H,2-16H2,1H3,(H,21,26)(H,22,27). The van der Waals surface area contributed by atoms with Crippen molar-refractivity contribution in [2.75, 3.05) is 85.3 Å². The lowest BCUT2D eigenvalue weighted by atomic mass is 9.97. The molecule has 9 nitrogen and oxygen atoms in total. The van der Waals surface area contributed by atoms with E-state index in [0.29, 0.717) is 38.1 Å². The summed E-state index contributed by atoms with van der Waals surface area (Å²) in [6.07, 6.45) is 1.99. The van der Waals surface area contributed by atoms with Crippen LogP contribution in [0.3, 0.4) is 0 Å². The summed E-state index contributed by atoms with van der Waals surface area (Å²) in [6, 6.07) is 0.297. The molecule has 0 radical (unpaired) electrons. The second-order valence-corrected chi connectivity index (χ2v) is 8.14. The lowest BCUT2D eigenvalue weighted by Gasteiger charge is -2.38. The molecule has 2 unspecified atom stereocenters. The SMILES string of the molecule is CCCNC(=O)CN1CCN(C(=O)NCC(C2CCOC2)N2CCOCC2)CC1. The predicted molar refractivity (Wildman–Crippen MR) is 110 cm³/mol. The average Bonchev–Trinajstić information content (AvgIpc) is 3.28. The van der Waals surface area contributed by atoms with Crippen LogP contribution in [0.4, 0.5) is 4.79 Å². The summed E-state index contributed by atoms with van der Waals surface area (Å²) < 4.78 is 11.1. The number of nitrogens with one attached hydrogen (secondary N) is 2. The Morgan fingerprint density at radius 2 is 1.76 bits per heavy atom. The first-order valence-electron chi connectivity index (χ1n) is 11.1. The molecule has 0 aromatic rings. The third-order valence-corrected chi connectivity index (χ3v) is 6.09. The summed E-state index contributed by atoms with van der Waals surface area (Å²) >= 11 is 0. The smallest absolute Gasteiger partial charge is 0.317 e. The molecule has 0 aromatic carbocycles. The van der Waals surface area contributed by atoms with Gasteiger partial charge in [0.1, 0.15) is 0 Å². The molecule has 3 rings (SSSR count). The Hall–Kier alpha value is -1.42. The summed E-state index contributed by atoms with van der Waals surface area (Å²) in [6.45, 7) is 11.5. The van der Waals surface area contributed by atoms with Gasteiger partial charge in [-0.15, -0.1) is 0 Å². The molecule has 0 spiro atoms. The molecule has 2 N–H and O–H groups in total. The van der Waals surface area contributed by atoms with Crippen LogP contribution in [0.2, 0.25) is 0 Å². The molecule has 0 bridgehead atoms. The van der Waals surface area contributed by atoms with Crippen LogP contribution in [0.25, 0.3) is 0 Å². The van der Waals surface area contributed by atoms with Crippen molar-refractivity contribution in [2.45, 2.75) is 25.8 Å². The average molecular weight is 412 g/mol. The van der Waals surface area contributed by atoms with E-state index in [0.717, 1.165) is 72.0 Å². The van der Waals surface area contributed by atoms with Crippen LogP contribution in [0.5, 0.6) is 0 Å². The Labute approximate surface area is 174 Å². The van der Waals surface area contributed by atoms with Crippen molar-refractivity contribution in [2.24, 2.45) is 5.92 Å². The van der Waals surface area contributed by atoms with Crippen molar-refractivity contribution < 1.29 is 19.1 Å². The second kappa shape index (κ2) is 11.7. The van der Waals surface area contributed by atoms with E-state index in [2.05, 4.69) is 20.4 Å². The number of urea groups is 1. The van der Waals surface area contributed by atoms with Gasteiger partial charge in [0.2, 0.25) is 5.91 Å². The van der Waals surface area contributed by atoms with E-state index in [1.165, 1.54) is 0 Å². The zero-order valence-corrected chi connectivity index (χ0v) is 17.7. The minimum absolute atomic E-state index is 0.00254. The lowest BCUT2D eigenvalue weighted by Crippen LogP contribution is -2.56. The predicted octanol–water partition coefficient (Wildman–Crippen LogP) is -0.423. The van der Waals surface area contributed by atoms with Gasteiger partial charge < -0.3 is 25.0 Å². The van der Waals surface area contributed by atoms with Crippen molar-refractivity contribution in [1.82, 2.24) is 25.3 Å². The van der Waals surface area contributed by atoms with Crippen LogP contribution >= 0.6 is 0 Å². The topological polar surface area (TPSA) is 86.4 Å².